The Kier molecular flexibility index (Phi) is 5.21. The highest BCUT2D eigenvalue weighted by Crippen LogP contribution is 2.32. The second-order valence-electron chi connectivity index (χ2n) is 6.24. The molecule has 1 aromatic carbocycles. The molecule has 0 aliphatic carbocycles. The average molecular weight is 410 g/mol. The Labute approximate surface area is 151 Å². The SMILES string of the molecule is CC(C)(C)c1cc(C(=O)N/N=C/c2cc(Br)cc([N+](=O)[O-])c2O)n[nH]1. The van der Waals surface area contributed by atoms with Gasteiger partial charge in [0, 0.05) is 27.2 Å². The summed E-state index contributed by atoms with van der Waals surface area (Å²) < 4.78 is 0.395. The van der Waals surface area contributed by atoms with E-state index in [2.05, 4.69) is 36.7 Å². The van der Waals surface area contributed by atoms with Crippen molar-refractivity contribution < 1.29 is 14.8 Å². The number of phenols is 1. The molecule has 0 unspecified atom stereocenters. The van der Waals surface area contributed by atoms with E-state index >= 15 is 0 Å². The second-order valence-corrected chi connectivity index (χ2v) is 7.15. The van der Waals surface area contributed by atoms with Gasteiger partial charge in [-0.1, -0.05) is 36.7 Å². The van der Waals surface area contributed by atoms with Gasteiger partial charge in [-0.05, 0) is 12.1 Å². The number of aromatic amines is 1. The lowest BCUT2D eigenvalue weighted by Crippen LogP contribution is -2.18. The number of rotatable bonds is 4. The van der Waals surface area contributed by atoms with Gasteiger partial charge in [0.1, 0.15) is 0 Å². The van der Waals surface area contributed by atoms with E-state index < -0.39 is 22.3 Å². The molecule has 0 atom stereocenters. The number of halogens is 1. The van der Waals surface area contributed by atoms with Gasteiger partial charge in [-0.15, -0.1) is 0 Å². The van der Waals surface area contributed by atoms with E-state index in [1.807, 2.05) is 20.8 Å². The van der Waals surface area contributed by atoms with Gasteiger partial charge in [0.15, 0.2) is 5.69 Å². The van der Waals surface area contributed by atoms with Crippen molar-refractivity contribution in [3.8, 4) is 5.75 Å². The van der Waals surface area contributed by atoms with Crippen LogP contribution in [0.4, 0.5) is 5.69 Å². The van der Waals surface area contributed by atoms with Crippen molar-refractivity contribution in [2.45, 2.75) is 26.2 Å². The summed E-state index contributed by atoms with van der Waals surface area (Å²) in [6, 6.07) is 4.22. The number of carbonyl (C=O) groups excluding carboxylic acids is 1. The Bertz CT molecular complexity index is 854. The number of hydrogen-bond donors (Lipinski definition) is 3. The monoisotopic (exact) mass is 409 g/mol. The lowest BCUT2D eigenvalue weighted by molar-refractivity contribution is -0.385. The molecule has 10 heteroatoms. The molecule has 0 saturated carbocycles. The maximum atomic E-state index is 12.0. The Morgan fingerprint density at radius 1 is 1.44 bits per heavy atom. The van der Waals surface area contributed by atoms with Crippen molar-refractivity contribution >= 4 is 33.7 Å². The molecule has 1 aromatic heterocycles. The Hall–Kier alpha value is -2.75. The molecular formula is C15H16BrN5O4. The number of H-pyrrole nitrogens is 1. The van der Waals surface area contributed by atoms with E-state index in [1.54, 1.807) is 6.07 Å². The standard InChI is InChI=1S/C15H16BrN5O4/c1-15(2,3)12-6-10(18-19-12)14(23)20-17-7-8-4-9(16)5-11(13(8)22)21(24)25/h4-7,22H,1-3H3,(H,18,19)(H,20,23)/b17-7+. The predicted octanol–water partition coefficient (Wildman–Crippen LogP) is 2.85. The molecule has 0 spiro atoms. The van der Waals surface area contributed by atoms with E-state index in [0.29, 0.717) is 4.47 Å². The van der Waals surface area contributed by atoms with Gasteiger partial charge in [0.05, 0.1) is 11.1 Å². The van der Waals surface area contributed by atoms with Gasteiger partial charge in [0.25, 0.3) is 5.91 Å². The highest BCUT2D eigenvalue weighted by atomic mass is 79.9. The normalized spacial score (nSPS) is 11.7. The summed E-state index contributed by atoms with van der Waals surface area (Å²) in [6.07, 6.45) is 1.11. The largest absolute Gasteiger partial charge is 0.502 e. The second kappa shape index (κ2) is 7.01. The first-order chi connectivity index (χ1) is 11.6. The van der Waals surface area contributed by atoms with E-state index in [0.717, 1.165) is 11.9 Å². The van der Waals surface area contributed by atoms with Gasteiger partial charge in [-0.25, -0.2) is 5.43 Å². The Balaban J connectivity index is 2.15. The third-order valence-corrected chi connectivity index (χ3v) is 3.73. The zero-order valence-electron chi connectivity index (χ0n) is 13.7. The summed E-state index contributed by atoms with van der Waals surface area (Å²) in [6.45, 7) is 5.93. The number of benzene rings is 1. The topological polar surface area (TPSA) is 134 Å². The lowest BCUT2D eigenvalue weighted by Gasteiger charge is -2.14. The zero-order chi connectivity index (χ0) is 18.8. The number of nitrogens with zero attached hydrogens (tertiary/aromatic N) is 3. The van der Waals surface area contributed by atoms with Crippen LogP contribution in [0.2, 0.25) is 0 Å². The number of carbonyl (C=O) groups is 1. The van der Waals surface area contributed by atoms with E-state index in [1.165, 1.54) is 12.1 Å². The highest BCUT2D eigenvalue weighted by molar-refractivity contribution is 9.10. The molecule has 0 aliphatic rings. The fraction of sp³-hybridized carbons (Fsp3) is 0.267. The summed E-state index contributed by atoms with van der Waals surface area (Å²) in [5.74, 6) is -1.09. The van der Waals surface area contributed by atoms with E-state index in [-0.39, 0.29) is 16.7 Å². The van der Waals surface area contributed by atoms with Gasteiger partial charge in [0.2, 0.25) is 5.75 Å². The minimum Gasteiger partial charge on any atom is -0.502 e. The number of phenolic OH excluding ortho intramolecular Hbond substituents is 1. The van der Waals surface area contributed by atoms with Crippen LogP contribution >= 0.6 is 15.9 Å². The predicted molar refractivity (Wildman–Crippen MR) is 94.8 cm³/mol. The maximum Gasteiger partial charge on any atom is 0.312 e. The molecule has 1 amide bonds. The molecule has 2 rings (SSSR count). The lowest BCUT2D eigenvalue weighted by atomic mass is 9.92. The number of nitrogens with one attached hydrogen (secondary N) is 2. The third-order valence-electron chi connectivity index (χ3n) is 3.27. The maximum absolute atomic E-state index is 12.0. The van der Waals surface area contributed by atoms with Crippen LogP contribution in [0.25, 0.3) is 0 Å². The van der Waals surface area contributed by atoms with Crippen molar-refractivity contribution in [3.05, 3.63) is 49.7 Å². The summed E-state index contributed by atoms with van der Waals surface area (Å²) in [5.41, 5.74) is 2.64. The number of aromatic hydroxyl groups is 1. The van der Waals surface area contributed by atoms with Crippen LogP contribution in [-0.4, -0.2) is 32.3 Å². The first-order valence-electron chi connectivity index (χ1n) is 7.16. The average Bonchev–Trinajstić information content (AvgIpc) is 3.00. The van der Waals surface area contributed by atoms with Crippen molar-refractivity contribution in [2.75, 3.05) is 0 Å². The van der Waals surface area contributed by atoms with Crippen molar-refractivity contribution in [2.24, 2.45) is 5.10 Å². The van der Waals surface area contributed by atoms with Crippen LogP contribution < -0.4 is 5.43 Å². The van der Waals surface area contributed by atoms with Gasteiger partial charge < -0.3 is 5.11 Å². The molecule has 132 valence electrons. The molecule has 25 heavy (non-hydrogen) atoms. The van der Waals surface area contributed by atoms with Gasteiger partial charge >= 0.3 is 5.69 Å². The number of amides is 1. The molecule has 0 fully saturated rings. The first-order valence-corrected chi connectivity index (χ1v) is 7.95. The highest BCUT2D eigenvalue weighted by Gasteiger charge is 2.20. The van der Waals surface area contributed by atoms with E-state index in [9.17, 15) is 20.0 Å². The van der Waals surface area contributed by atoms with Crippen LogP contribution in [0, 0.1) is 10.1 Å². The van der Waals surface area contributed by atoms with Crippen molar-refractivity contribution in [1.29, 1.82) is 0 Å². The van der Waals surface area contributed by atoms with Crippen LogP contribution in [0.15, 0.2) is 27.8 Å². The fourth-order valence-electron chi connectivity index (χ4n) is 1.88. The number of aromatic nitrogens is 2. The summed E-state index contributed by atoms with van der Waals surface area (Å²) in [5, 5.41) is 31.2. The molecule has 0 bridgehead atoms. The molecule has 0 aliphatic heterocycles. The van der Waals surface area contributed by atoms with Crippen LogP contribution in [0.3, 0.4) is 0 Å². The molecule has 0 saturated heterocycles. The number of nitro benzene ring substituents is 1. The number of nitro groups is 1. The molecule has 3 N–H and O–H groups in total. The molecule has 2 aromatic rings. The van der Waals surface area contributed by atoms with Crippen molar-refractivity contribution in [1.82, 2.24) is 15.6 Å². The van der Waals surface area contributed by atoms with Gasteiger partial charge in [-0.3, -0.25) is 20.0 Å². The minimum absolute atomic E-state index is 0.0822. The summed E-state index contributed by atoms with van der Waals surface area (Å²) >= 11 is 3.12. The summed E-state index contributed by atoms with van der Waals surface area (Å²) in [4.78, 5) is 22.2. The Morgan fingerprint density at radius 2 is 2.12 bits per heavy atom. The van der Waals surface area contributed by atoms with Crippen molar-refractivity contribution in [3.63, 3.8) is 0 Å². The number of hydrogen-bond acceptors (Lipinski definition) is 6. The quantitative estimate of drug-likeness (QED) is 0.405. The minimum atomic E-state index is -0.715. The number of hydrazone groups is 1. The fourth-order valence-corrected chi connectivity index (χ4v) is 2.35. The molecular weight excluding hydrogens is 394 g/mol. The summed E-state index contributed by atoms with van der Waals surface area (Å²) in [7, 11) is 0. The molecule has 0 radical (unpaired) electrons. The zero-order valence-corrected chi connectivity index (χ0v) is 15.3. The molecule has 9 nitrogen and oxygen atoms in total. The van der Waals surface area contributed by atoms with Crippen LogP contribution in [0.1, 0.15) is 42.5 Å². The Morgan fingerprint density at radius 3 is 2.68 bits per heavy atom. The first kappa shape index (κ1) is 18.6. The van der Waals surface area contributed by atoms with Crippen LogP contribution in [0.5, 0.6) is 5.75 Å². The third kappa shape index (κ3) is 4.41. The van der Waals surface area contributed by atoms with Crippen LogP contribution in [-0.2, 0) is 5.41 Å². The van der Waals surface area contributed by atoms with Gasteiger partial charge in [-0.2, -0.15) is 10.2 Å². The molecule has 1 heterocycles. The van der Waals surface area contributed by atoms with E-state index in [4.69, 9.17) is 0 Å². The smallest absolute Gasteiger partial charge is 0.312 e.